The first-order valence-electron chi connectivity index (χ1n) is 10.2. The van der Waals surface area contributed by atoms with Crippen LogP contribution in [0.4, 0.5) is 4.39 Å². The van der Waals surface area contributed by atoms with E-state index >= 15 is 0 Å². The van der Waals surface area contributed by atoms with Gasteiger partial charge < -0.3 is 19.1 Å². The van der Waals surface area contributed by atoms with E-state index in [2.05, 4.69) is 11.5 Å². The highest BCUT2D eigenvalue weighted by Crippen LogP contribution is 2.33. The van der Waals surface area contributed by atoms with Crippen LogP contribution in [0, 0.1) is 5.82 Å². The van der Waals surface area contributed by atoms with Gasteiger partial charge in [0.25, 0.3) is 5.91 Å². The molecule has 1 saturated heterocycles. The lowest BCUT2D eigenvalue weighted by Gasteiger charge is -2.35. The van der Waals surface area contributed by atoms with Crippen molar-refractivity contribution in [2.45, 2.75) is 13.0 Å². The van der Waals surface area contributed by atoms with E-state index in [9.17, 15) is 9.18 Å². The first kappa shape index (κ1) is 22.6. The van der Waals surface area contributed by atoms with E-state index in [1.807, 2.05) is 11.0 Å². The van der Waals surface area contributed by atoms with Crippen LogP contribution in [-0.2, 0) is 13.0 Å². The summed E-state index contributed by atoms with van der Waals surface area (Å²) >= 11 is 0. The van der Waals surface area contributed by atoms with Crippen molar-refractivity contribution in [3.8, 4) is 17.2 Å². The lowest BCUT2D eigenvalue weighted by atomic mass is 10.0. The van der Waals surface area contributed by atoms with Crippen molar-refractivity contribution >= 4 is 5.91 Å². The Hall–Kier alpha value is -3.06. The molecule has 31 heavy (non-hydrogen) atoms. The van der Waals surface area contributed by atoms with Crippen LogP contribution in [0.15, 0.2) is 43.0 Å². The van der Waals surface area contributed by atoms with Gasteiger partial charge in [0.2, 0.25) is 0 Å². The molecule has 1 fully saturated rings. The zero-order chi connectivity index (χ0) is 22.4. The summed E-state index contributed by atoms with van der Waals surface area (Å²) in [7, 11) is 4.72. The zero-order valence-corrected chi connectivity index (χ0v) is 18.3. The van der Waals surface area contributed by atoms with Gasteiger partial charge >= 0.3 is 0 Å². The first-order valence-corrected chi connectivity index (χ1v) is 10.2. The highest BCUT2D eigenvalue weighted by Gasteiger charge is 2.25. The lowest BCUT2D eigenvalue weighted by molar-refractivity contribution is 0.0627. The Morgan fingerprint density at radius 1 is 1.00 bits per heavy atom. The van der Waals surface area contributed by atoms with E-state index in [1.54, 1.807) is 39.5 Å². The Balaban J connectivity index is 1.70. The fourth-order valence-corrected chi connectivity index (χ4v) is 3.88. The number of carbonyl (C=O) groups excluding carboxylic acids is 1. The van der Waals surface area contributed by atoms with Crippen molar-refractivity contribution in [2.75, 3.05) is 47.5 Å². The Bertz CT molecular complexity index is 939. The summed E-state index contributed by atoms with van der Waals surface area (Å²) in [5.41, 5.74) is 2.23. The molecule has 0 saturated carbocycles. The van der Waals surface area contributed by atoms with Gasteiger partial charge in [0.1, 0.15) is 11.6 Å². The van der Waals surface area contributed by atoms with Crippen molar-refractivity contribution in [1.82, 2.24) is 9.80 Å². The minimum Gasteiger partial charge on any atom is -0.496 e. The van der Waals surface area contributed by atoms with Crippen molar-refractivity contribution in [3.05, 3.63) is 65.5 Å². The molecule has 7 heteroatoms. The fraction of sp³-hybridized carbons (Fsp3) is 0.375. The number of amides is 1. The number of hydrogen-bond acceptors (Lipinski definition) is 5. The molecule has 2 aromatic carbocycles. The molecule has 2 aromatic rings. The number of methoxy groups -OCH3 is 3. The van der Waals surface area contributed by atoms with E-state index in [4.69, 9.17) is 14.2 Å². The molecule has 3 rings (SSSR count). The molecule has 0 radical (unpaired) electrons. The monoisotopic (exact) mass is 428 g/mol. The number of allylic oxidation sites excluding steroid dienone is 1. The van der Waals surface area contributed by atoms with E-state index in [0.717, 1.165) is 11.1 Å². The zero-order valence-electron chi connectivity index (χ0n) is 18.3. The number of benzene rings is 2. The Labute approximate surface area is 182 Å². The average Bonchev–Trinajstić information content (AvgIpc) is 2.79. The molecule has 0 spiro atoms. The molecule has 1 aliphatic heterocycles. The summed E-state index contributed by atoms with van der Waals surface area (Å²) in [5, 5.41) is 0. The highest BCUT2D eigenvalue weighted by molar-refractivity contribution is 5.95. The molecule has 0 bridgehead atoms. The number of piperazine rings is 1. The fourth-order valence-electron chi connectivity index (χ4n) is 3.88. The van der Waals surface area contributed by atoms with Crippen LogP contribution in [0.3, 0.4) is 0 Å². The van der Waals surface area contributed by atoms with Gasteiger partial charge in [-0.2, -0.15) is 0 Å². The molecule has 0 N–H and O–H groups in total. The molecule has 1 aliphatic rings. The van der Waals surface area contributed by atoms with Crippen LogP contribution in [0.25, 0.3) is 0 Å². The van der Waals surface area contributed by atoms with E-state index < -0.39 is 0 Å². The quantitative estimate of drug-likeness (QED) is 0.602. The molecule has 0 aliphatic carbocycles. The third kappa shape index (κ3) is 5.17. The molecule has 0 atom stereocenters. The van der Waals surface area contributed by atoms with Gasteiger partial charge in [-0.25, -0.2) is 4.39 Å². The number of rotatable bonds is 8. The largest absolute Gasteiger partial charge is 0.496 e. The lowest BCUT2D eigenvalue weighted by Crippen LogP contribution is -2.48. The molecular weight excluding hydrogens is 399 g/mol. The first-order chi connectivity index (χ1) is 15.0. The molecule has 0 aromatic heterocycles. The summed E-state index contributed by atoms with van der Waals surface area (Å²) in [4.78, 5) is 17.2. The Kier molecular flexibility index (Phi) is 7.52. The van der Waals surface area contributed by atoms with Gasteiger partial charge in [-0.1, -0.05) is 6.08 Å². The number of hydrogen-bond donors (Lipinski definition) is 0. The topological polar surface area (TPSA) is 51.2 Å². The predicted molar refractivity (Wildman–Crippen MR) is 118 cm³/mol. The highest BCUT2D eigenvalue weighted by atomic mass is 19.1. The number of ether oxygens (including phenoxy) is 3. The molecule has 1 heterocycles. The second-order valence-electron chi connectivity index (χ2n) is 7.39. The van der Waals surface area contributed by atoms with E-state index in [-0.39, 0.29) is 11.7 Å². The maximum absolute atomic E-state index is 13.6. The van der Waals surface area contributed by atoms with Crippen molar-refractivity contribution in [2.24, 2.45) is 0 Å². The van der Waals surface area contributed by atoms with Crippen LogP contribution in [0.5, 0.6) is 17.2 Å². The summed E-state index contributed by atoms with van der Waals surface area (Å²) in [6.07, 6.45) is 2.34. The van der Waals surface area contributed by atoms with Crippen LogP contribution < -0.4 is 14.2 Å². The molecular formula is C24H29FN2O4. The number of nitrogens with zero attached hydrogens (tertiary/aromatic N) is 2. The maximum Gasteiger partial charge on any atom is 0.254 e. The van der Waals surface area contributed by atoms with E-state index in [1.165, 1.54) is 12.1 Å². The van der Waals surface area contributed by atoms with Crippen molar-refractivity contribution in [3.63, 3.8) is 0 Å². The second kappa shape index (κ2) is 10.3. The smallest absolute Gasteiger partial charge is 0.254 e. The van der Waals surface area contributed by atoms with Crippen molar-refractivity contribution < 1.29 is 23.4 Å². The van der Waals surface area contributed by atoms with Crippen LogP contribution in [0.2, 0.25) is 0 Å². The predicted octanol–water partition coefficient (Wildman–Crippen LogP) is 3.54. The van der Waals surface area contributed by atoms with Crippen LogP contribution in [-0.4, -0.2) is 63.2 Å². The molecule has 1 amide bonds. The third-order valence-corrected chi connectivity index (χ3v) is 5.46. The Morgan fingerprint density at radius 2 is 1.71 bits per heavy atom. The molecule has 6 nitrogen and oxygen atoms in total. The van der Waals surface area contributed by atoms with Crippen LogP contribution in [0.1, 0.15) is 21.5 Å². The van der Waals surface area contributed by atoms with Crippen LogP contribution >= 0.6 is 0 Å². The standard InChI is InChI=1S/C24H29FN2O4/c1-5-6-17-13-18(15-22(30-3)23(17)31-4)24(28)27-11-9-26(10-12-27)16-19-14-20(25)7-8-21(19)29-2/h5,7-8,13-15H,1,6,9-12,16H2,2-4H3. The SMILES string of the molecule is C=CCc1cc(C(=O)N2CCN(Cc3cc(F)ccc3OC)CC2)cc(OC)c1OC. The Morgan fingerprint density at radius 3 is 2.32 bits per heavy atom. The number of carbonyl (C=O) groups is 1. The van der Waals surface area contributed by atoms with Crippen molar-refractivity contribution in [1.29, 1.82) is 0 Å². The summed E-state index contributed by atoms with van der Waals surface area (Å²) in [6, 6.07) is 8.10. The van der Waals surface area contributed by atoms with Gasteiger partial charge in [0, 0.05) is 49.4 Å². The summed E-state index contributed by atoms with van der Waals surface area (Å²) in [6.45, 7) is 6.91. The molecule has 166 valence electrons. The summed E-state index contributed by atoms with van der Waals surface area (Å²) in [5.74, 6) is 1.48. The molecule has 0 unspecified atom stereocenters. The van der Waals surface area contributed by atoms with Gasteiger partial charge in [-0.05, 0) is 36.8 Å². The van der Waals surface area contributed by atoms with E-state index in [0.29, 0.717) is 62.0 Å². The van der Waals surface area contributed by atoms with Gasteiger partial charge in [-0.3, -0.25) is 9.69 Å². The van der Waals surface area contributed by atoms with Gasteiger partial charge in [0.15, 0.2) is 11.5 Å². The minimum atomic E-state index is -0.284. The normalized spacial score (nSPS) is 14.3. The van der Waals surface area contributed by atoms with Gasteiger partial charge in [-0.15, -0.1) is 6.58 Å². The minimum absolute atomic E-state index is 0.0470. The summed E-state index contributed by atoms with van der Waals surface area (Å²) < 4.78 is 29.9. The number of halogens is 1. The average molecular weight is 429 g/mol. The maximum atomic E-state index is 13.6. The third-order valence-electron chi connectivity index (χ3n) is 5.46. The second-order valence-corrected chi connectivity index (χ2v) is 7.39. The van der Waals surface area contributed by atoms with Gasteiger partial charge in [0.05, 0.1) is 21.3 Å².